The van der Waals surface area contributed by atoms with Gasteiger partial charge in [0.1, 0.15) is 4.21 Å². The number of hydrogen-bond acceptors (Lipinski definition) is 5. The molecule has 1 aromatic heterocycles. The van der Waals surface area contributed by atoms with Gasteiger partial charge >= 0.3 is 0 Å². The number of hydrogen-bond donors (Lipinski definition) is 2. The Hall–Kier alpha value is -0.630. The van der Waals surface area contributed by atoms with Crippen LogP contribution in [0.1, 0.15) is 13.8 Å². The highest BCUT2D eigenvalue weighted by atomic mass is 32.2. The van der Waals surface area contributed by atoms with Crippen LogP contribution in [0.15, 0.2) is 15.7 Å². The zero-order valence-corrected chi connectivity index (χ0v) is 11.8. The maximum atomic E-state index is 11.8. The third-order valence-electron chi connectivity index (χ3n) is 2.48. The number of likely N-dealkylation sites (N-methyl/N-ethyl adjacent to an activating group) is 1. The maximum absolute atomic E-state index is 11.8. The standard InChI is InChI=1S/C10H19N3O2S2/c1-3-13(4-2)6-5-12-17(14,15)10-7-9(11)8-16-10/h7-8,12H,3-6,11H2,1-2H3. The van der Waals surface area contributed by atoms with Gasteiger partial charge in [-0.15, -0.1) is 11.3 Å². The van der Waals surface area contributed by atoms with Gasteiger partial charge in [0.2, 0.25) is 10.0 Å². The van der Waals surface area contributed by atoms with Gasteiger partial charge in [-0.25, -0.2) is 13.1 Å². The van der Waals surface area contributed by atoms with Crippen molar-refractivity contribution in [3.63, 3.8) is 0 Å². The van der Waals surface area contributed by atoms with E-state index < -0.39 is 10.0 Å². The van der Waals surface area contributed by atoms with Gasteiger partial charge in [-0.05, 0) is 19.2 Å². The number of thiophene rings is 1. The van der Waals surface area contributed by atoms with Gasteiger partial charge in [0.25, 0.3) is 0 Å². The van der Waals surface area contributed by atoms with Crippen molar-refractivity contribution in [1.82, 2.24) is 9.62 Å². The van der Waals surface area contributed by atoms with Crippen molar-refractivity contribution in [2.75, 3.05) is 31.9 Å². The van der Waals surface area contributed by atoms with Gasteiger partial charge in [0.15, 0.2) is 0 Å². The van der Waals surface area contributed by atoms with Crippen molar-refractivity contribution in [2.45, 2.75) is 18.1 Å². The fourth-order valence-electron chi connectivity index (χ4n) is 1.42. The van der Waals surface area contributed by atoms with Crippen molar-refractivity contribution >= 4 is 27.0 Å². The fraction of sp³-hybridized carbons (Fsp3) is 0.600. The second kappa shape index (κ2) is 6.34. The van der Waals surface area contributed by atoms with E-state index in [4.69, 9.17) is 5.73 Å². The zero-order valence-electron chi connectivity index (χ0n) is 10.1. The molecule has 17 heavy (non-hydrogen) atoms. The van der Waals surface area contributed by atoms with Crippen molar-refractivity contribution in [3.05, 3.63) is 11.4 Å². The molecule has 0 fully saturated rings. The van der Waals surface area contributed by atoms with Crippen LogP contribution in [0.2, 0.25) is 0 Å². The molecule has 0 saturated heterocycles. The van der Waals surface area contributed by atoms with Crippen LogP contribution >= 0.6 is 11.3 Å². The molecule has 0 aliphatic rings. The van der Waals surface area contributed by atoms with Crippen molar-refractivity contribution < 1.29 is 8.42 Å². The van der Waals surface area contributed by atoms with Crippen molar-refractivity contribution in [1.29, 1.82) is 0 Å². The first-order chi connectivity index (χ1) is 7.99. The molecule has 1 heterocycles. The summed E-state index contributed by atoms with van der Waals surface area (Å²) in [6.07, 6.45) is 0. The number of nitrogen functional groups attached to an aromatic ring is 1. The van der Waals surface area contributed by atoms with E-state index in [1.807, 2.05) is 0 Å². The summed E-state index contributed by atoms with van der Waals surface area (Å²) in [6.45, 7) is 7.08. The molecule has 1 aromatic rings. The lowest BCUT2D eigenvalue weighted by atomic mass is 10.5. The fourth-order valence-corrected chi connectivity index (χ4v) is 3.57. The predicted molar refractivity (Wildman–Crippen MR) is 71.7 cm³/mol. The smallest absolute Gasteiger partial charge is 0.250 e. The largest absolute Gasteiger partial charge is 0.398 e. The molecule has 5 nitrogen and oxygen atoms in total. The summed E-state index contributed by atoms with van der Waals surface area (Å²) in [7, 11) is -3.39. The molecule has 0 aliphatic carbocycles. The van der Waals surface area contributed by atoms with Crippen LogP contribution in [0.5, 0.6) is 0 Å². The third-order valence-corrected chi connectivity index (χ3v) is 5.39. The van der Waals surface area contributed by atoms with Crippen molar-refractivity contribution in [2.24, 2.45) is 0 Å². The molecule has 0 atom stereocenters. The van der Waals surface area contributed by atoms with Gasteiger partial charge in [-0.2, -0.15) is 0 Å². The van der Waals surface area contributed by atoms with E-state index in [0.29, 0.717) is 18.8 Å². The lowest BCUT2D eigenvalue weighted by Gasteiger charge is -2.17. The summed E-state index contributed by atoms with van der Waals surface area (Å²) in [6, 6.07) is 1.48. The minimum absolute atomic E-state index is 0.273. The quantitative estimate of drug-likeness (QED) is 0.778. The Bertz CT molecular complexity index is 438. The predicted octanol–water partition coefficient (Wildman–Crippen LogP) is 0.950. The zero-order chi connectivity index (χ0) is 12.9. The maximum Gasteiger partial charge on any atom is 0.250 e. The average Bonchev–Trinajstić information content (AvgIpc) is 2.72. The minimum atomic E-state index is -3.39. The van der Waals surface area contributed by atoms with Gasteiger partial charge in [-0.3, -0.25) is 0 Å². The van der Waals surface area contributed by atoms with Gasteiger partial charge in [-0.1, -0.05) is 13.8 Å². The van der Waals surface area contributed by atoms with E-state index in [1.54, 1.807) is 5.38 Å². The molecule has 0 aromatic carbocycles. The molecule has 3 N–H and O–H groups in total. The Morgan fingerprint density at radius 1 is 1.41 bits per heavy atom. The molecular formula is C10H19N3O2S2. The number of rotatable bonds is 7. The van der Waals surface area contributed by atoms with Crippen LogP contribution in [0.3, 0.4) is 0 Å². The molecular weight excluding hydrogens is 258 g/mol. The Kier molecular flexibility index (Phi) is 5.38. The molecule has 98 valence electrons. The molecule has 0 radical (unpaired) electrons. The van der Waals surface area contributed by atoms with Crippen molar-refractivity contribution in [3.8, 4) is 0 Å². The van der Waals surface area contributed by atoms with Crippen LogP contribution in [0, 0.1) is 0 Å². The Morgan fingerprint density at radius 2 is 2.06 bits per heavy atom. The molecule has 0 aliphatic heterocycles. The highest BCUT2D eigenvalue weighted by Gasteiger charge is 2.15. The second-order valence-corrected chi connectivity index (χ2v) is 6.53. The number of nitrogens with one attached hydrogen (secondary N) is 1. The van der Waals surface area contributed by atoms with E-state index in [-0.39, 0.29) is 4.21 Å². The number of sulfonamides is 1. The van der Waals surface area contributed by atoms with Gasteiger partial charge in [0.05, 0.1) is 0 Å². The summed E-state index contributed by atoms with van der Waals surface area (Å²) in [4.78, 5) is 2.16. The number of nitrogens with zero attached hydrogens (tertiary/aromatic N) is 1. The van der Waals surface area contributed by atoms with Crippen LogP contribution in [0.4, 0.5) is 5.69 Å². The molecule has 0 amide bonds. The van der Waals surface area contributed by atoms with E-state index in [2.05, 4.69) is 23.5 Å². The van der Waals surface area contributed by atoms with Gasteiger partial charge < -0.3 is 10.6 Å². The lowest BCUT2D eigenvalue weighted by molar-refractivity contribution is 0.309. The van der Waals surface area contributed by atoms with Crippen LogP contribution in [-0.4, -0.2) is 39.5 Å². The highest BCUT2D eigenvalue weighted by Crippen LogP contribution is 2.20. The SMILES string of the molecule is CCN(CC)CCNS(=O)(=O)c1cc(N)cs1. The van der Waals surface area contributed by atoms with E-state index in [9.17, 15) is 8.42 Å². The average molecular weight is 277 g/mol. The molecule has 0 saturated carbocycles. The molecule has 0 bridgehead atoms. The monoisotopic (exact) mass is 277 g/mol. The van der Waals surface area contributed by atoms with E-state index >= 15 is 0 Å². The molecule has 0 spiro atoms. The van der Waals surface area contributed by atoms with E-state index in [0.717, 1.165) is 24.4 Å². The van der Waals surface area contributed by atoms with Crippen LogP contribution in [0.25, 0.3) is 0 Å². The summed E-state index contributed by atoms with van der Waals surface area (Å²) >= 11 is 1.14. The van der Waals surface area contributed by atoms with Crippen LogP contribution in [-0.2, 0) is 10.0 Å². The summed E-state index contributed by atoms with van der Waals surface area (Å²) in [5.41, 5.74) is 5.99. The van der Waals surface area contributed by atoms with E-state index in [1.165, 1.54) is 6.07 Å². The molecule has 0 unspecified atom stereocenters. The molecule has 1 rings (SSSR count). The number of nitrogens with two attached hydrogens (primary N) is 1. The summed E-state index contributed by atoms with van der Waals surface area (Å²) in [5, 5.41) is 1.62. The Balaban J connectivity index is 2.51. The third kappa shape index (κ3) is 4.27. The van der Waals surface area contributed by atoms with Gasteiger partial charge in [0, 0.05) is 24.2 Å². The minimum Gasteiger partial charge on any atom is -0.398 e. The van der Waals surface area contributed by atoms with Crippen LogP contribution < -0.4 is 10.5 Å². The first-order valence-corrected chi connectivity index (χ1v) is 7.92. The summed E-state index contributed by atoms with van der Waals surface area (Å²) in [5.74, 6) is 0. The first kappa shape index (κ1) is 14.4. The Labute approximate surface area is 107 Å². The topological polar surface area (TPSA) is 75.4 Å². The summed E-state index contributed by atoms with van der Waals surface area (Å²) < 4.78 is 26.5. The normalized spacial score (nSPS) is 12.2. The Morgan fingerprint density at radius 3 is 2.53 bits per heavy atom. The lowest BCUT2D eigenvalue weighted by Crippen LogP contribution is -2.34. The first-order valence-electron chi connectivity index (χ1n) is 5.55. The highest BCUT2D eigenvalue weighted by molar-refractivity contribution is 7.91. The number of anilines is 1. The second-order valence-electron chi connectivity index (χ2n) is 3.62. The molecule has 7 heteroatoms.